The number of anilines is 3. The van der Waals surface area contributed by atoms with E-state index in [-0.39, 0.29) is 17.8 Å². The SMILES string of the molecule is Cc1cn(-c2cc(CN3CCC[C@H](N)C3)cc(NC(=O)c3ccc(C)c(Nc4nccc(-c5ccc(F)cc5)n4)c3)c2)cn1. The third-order valence-corrected chi connectivity index (χ3v) is 7.74. The van der Waals surface area contributed by atoms with Gasteiger partial charge in [0.2, 0.25) is 5.95 Å². The van der Waals surface area contributed by atoms with Crippen molar-refractivity contribution in [3.8, 4) is 16.9 Å². The summed E-state index contributed by atoms with van der Waals surface area (Å²) in [6, 6.07) is 19.7. The zero-order valence-corrected chi connectivity index (χ0v) is 24.8. The van der Waals surface area contributed by atoms with E-state index >= 15 is 0 Å². The Morgan fingerprint density at radius 2 is 1.89 bits per heavy atom. The maximum atomic E-state index is 13.5. The second-order valence-corrected chi connectivity index (χ2v) is 11.3. The summed E-state index contributed by atoms with van der Waals surface area (Å²) in [5.74, 6) is -0.171. The van der Waals surface area contributed by atoms with Crippen LogP contribution in [-0.4, -0.2) is 49.5 Å². The number of hydrogen-bond donors (Lipinski definition) is 3. The Hall–Kier alpha value is -4.93. The van der Waals surface area contributed by atoms with Crippen molar-refractivity contribution in [1.82, 2.24) is 24.4 Å². The van der Waals surface area contributed by atoms with E-state index in [0.29, 0.717) is 28.6 Å². The van der Waals surface area contributed by atoms with Gasteiger partial charge in [-0.3, -0.25) is 9.69 Å². The molecule has 0 spiro atoms. The normalized spacial score (nSPS) is 15.2. The summed E-state index contributed by atoms with van der Waals surface area (Å²) in [4.78, 5) is 29.2. The fraction of sp³-hybridized carbons (Fsp3) is 0.235. The number of carbonyl (C=O) groups is 1. The number of halogens is 1. The molecule has 1 saturated heterocycles. The van der Waals surface area contributed by atoms with Crippen molar-refractivity contribution in [3.05, 3.63) is 114 Å². The maximum absolute atomic E-state index is 13.5. The Morgan fingerprint density at radius 3 is 2.66 bits per heavy atom. The largest absolute Gasteiger partial charge is 0.327 e. The van der Waals surface area contributed by atoms with Gasteiger partial charge in [-0.2, -0.15) is 0 Å². The summed E-state index contributed by atoms with van der Waals surface area (Å²) in [5, 5.41) is 6.34. The van der Waals surface area contributed by atoms with E-state index < -0.39 is 0 Å². The highest BCUT2D eigenvalue weighted by molar-refractivity contribution is 6.05. The molecule has 1 aliphatic rings. The van der Waals surface area contributed by atoms with Crippen molar-refractivity contribution in [3.63, 3.8) is 0 Å². The molecule has 9 nitrogen and oxygen atoms in total. The number of nitrogens with one attached hydrogen (secondary N) is 2. The number of rotatable bonds is 8. The Kier molecular flexibility index (Phi) is 8.44. The Bertz CT molecular complexity index is 1780. The van der Waals surface area contributed by atoms with Crippen LogP contribution in [0.25, 0.3) is 16.9 Å². The Morgan fingerprint density at radius 1 is 1.05 bits per heavy atom. The molecule has 10 heteroatoms. The first-order valence-electron chi connectivity index (χ1n) is 14.7. The molecule has 1 atom stereocenters. The number of imidazole rings is 1. The van der Waals surface area contributed by atoms with Gasteiger partial charge in [0.1, 0.15) is 5.82 Å². The molecule has 4 N–H and O–H groups in total. The van der Waals surface area contributed by atoms with Crippen molar-refractivity contribution in [2.45, 2.75) is 39.3 Å². The zero-order valence-electron chi connectivity index (χ0n) is 24.8. The zero-order chi connectivity index (χ0) is 30.6. The van der Waals surface area contributed by atoms with Crippen LogP contribution in [0.3, 0.4) is 0 Å². The van der Waals surface area contributed by atoms with Crippen LogP contribution >= 0.6 is 0 Å². The van der Waals surface area contributed by atoms with Crippen LogP contribution in [0, 0.1) is 19.7 Å². The van der Waals surface area contributed by atoms with E-state index in [1.807, 2.05) is 42.8 Å². The maximum Gasteiger partial charge on any atom is 0.255 e. The van der Waals surface area contributed by atoms with Crippen molar-refractivity contribution >= 4 is 23.2 Å². The van der Waals surface area contributed by atoms with Gasteiger partial charge in [-0.25, -0.2) is 19.3 Å². The second-order valence-electron chi connectivity index (χ2n) is 11.3. The van der Waals surface area contributed by atoms with E-state index in [1.54, 1.807) is 42.9 Å². The van der Waals surface area contributed by atoms with Gasteiger partial charge < -0.3 is 20.9 Å². The highest BCUT2D eigenvalue weighted by Crippen LogP contribution is 2.25. The Labute approximate surface area is 256 Å². The van der Waals surface area contributed by atoms with Gasteiger partial charge in [-0.1, -0.05) is 6.07 Å². The van der Waals surface area contributed by atoms with Crippen molar-refractivity contribution < 1.29 is 9.18 Å². The predicted octanol–water partition coefficient (Wildman–Crippen LogP) is 6.00. The summed E-state index contributed by atoms with van der Waals surface area (Å²) in [5.41, 5.74) is 13.4. The van der Waals surface area contributed by atoms with Gasteiger partial charge in [0.05, 0.1) is 17.7 Å². The van der Waals surface area contributed by atoms with E-state index in [9.17, 15) is 9.18 Å². The van der Waals surface area contributed by atoms with Gasteiger partial charge in [0.15, 0.2) is 0 Å². The molecule has 0 aliphatic carbocycles. The lowest BCUT2D eigenvalue weighted by atomic mass is 10.0. The number of aryl methyl sites for hydroxylation is 2. The molecule has 2 aromatic heterocycles. The Balaban J connectivity index is 1.23. The summed E-state index contributed by atoms with van der Waals surface area (Å²) in [6.45, 7) is 6.49. The minimum Gasteiger partial charge on any atom is -0.327 e. The lowest BCUT2D eigenvalue weighted by molar-refractivity contribution is 0.102. The molecule has 1 amide bonds. The van der Waals surface area contributed by atoms with Crippen molar-refractivity contribution in [1.29, 1.82) is 0 Å². The van der Waals surface area contributed by atoms with Crippen LogP contribution < -0.4 is 16.4 Å². The van der Waals surface area contributed by atoms with Gasteiger partial charge in [-0.05, 0) is 105 Å². The van der Waals surface area contributed by atoms with Crippen LogP contribution in [-0.2, 0) is 6.54 Å². The summed E-state index contributed by atoms with van der Waals surface area (Å²) in [7, 11) is 0. The molecule has 0 radical (unpaired) electrons. The number of piperidine rings is 1. The van der Waals surface area contributed by atoms with Crippen LogP contribution in [0.2, 0.25) is 0 Å². The molecule has 224 valence electrons. The van der Waals surface area contributed by atoms with Gasteiger partial charge in [-0.15, -0.1) is 0 Å². The smallest absolute Gasteiger partial charge is 0.255 e. The topological polar surface area (TPSA) is 114 Å². The van der Waals surface area contributed by atoms with Gasteiger partial charge in [0.25, 0.3) is 5.91 Å². The second kappa shape index (κ2) is 12.7. The van der Waals surface area contributed by atoms with Crippen LogP contribution in [0.4, 0.5) is 21.7 Å². The van der Waals surface area contributed by atoms with Gasteiger partial charge >= 0.3 is 0 Å². The number of benzene rings is 3. The molecule has 1 aliphatic heterocycles. The third-order valence-electron chi connectivity index (χ3n) is 7.74. The molecular formula is C34H35FN8O. The number of nitrogens with zero attached hydrogens (tertiary/aromatic N) is 5. The summed E-state index contributed by atoms with van der Waals surface area (Å²) in [6.07, 6.45) is 7.51. The molecular weight excluding hydrogens is 555 g/mol. The molecule has 0 unspecified atom stereocenters. The van der Waals surface area contributed by atoms with Gasteiger partial charge in [0, 0.05) is 59.7 Å². The number of hydrogen-bond acceptors (Lipinski definition) is 7. The van der Waals surface area contributed by atoms with E-state index in [4.69, 9.17) is 5.73 Å². The third kappa shape index (κ3) is 6.99. The minimum atomic E-state index is -0.307. The van der Waals surface area contributed by atoms with Crippen molar-refractivity contribution in [2.75, 3.05) is 23.7 Å². The molecule has 44 heavy (non-hydrogen) atoms. The summed E-state index contributed by atoms with van der Waals surface area (Å²) >= 11 is 0. The first-order chi connectivity index (χ1) is 21.3. The lowest BCUT2D eigenvalue weighted by Gasteiger charge is -2.30. The first-order valence-corrected chi connectivity index (χ1v) is 14.7. The molecule has 6 rings (SSSR count). The number of amides is 1. The number of nitrogens with two attached hydrogens (primary N) is 1. The number of likely N-dealkylation sites (tertiary alicyclic amines) is 1. The average Bonchev–Trinajstić information content (AvgIpc) is 3.45. The molecule has 3 aromatic carbocycles. The molecule has 0 bridgehead atoms. The average molecular weight is 591 g/mol. The summed E-state index contributed by atoms with van der Waals surface area (Å²) < 4.78 is 15.4. The van der Waals surface area contributed by atoms with E-state index in [2.05, 4.69) is 36.6 Å². The van der Waals surface area contributed by atoms with Crippen LogP contribution in [0.15, 0.2) is 85.5 Å². The highest BCUT2D eigenvalue weighted by atomic mass is 19.1. The minimum absolute atomic E-state index is 0.183. The number of carbonyl (C=O) groups excluding carboxylic acids is 1. The monoisotopic (exact) mass is 590 g/mol. The fourth-order valence-corrected chi connectivity index (χ4v) is 5.46. The molecule has 1 fully saturated rings. The first kappa shape index (κ1) is 29.2. The van der Waals surface area contributed by atoms with Crippen LogP contribution in [0.5, 0.6) is 0 Å². The number of aromatic nitrogens is 4. The molecule has 3 heterocycles. The van der Waals surface area contributed by atoms with Crippen LogP contribution in [0.1, 0.15) is 40.0 Å². The predicted molar refractivity (Wildman–Crippen MR) is 171 cm³/mol. The quantitative estimate of drug-likeness (QED) is 0.203. The fourth-order valence-electron chi connectivity index (χ4n) is 5.46. The van der Waals surface area contributed by atoms with Crippen molar-refractivity contribution in [2.24, 2.45) is 5.73 Å². The molecule has 5 aromatic rings. The van der Waals surface area contributed by atoms with E-state index in [1.165, 1.54) is 12.1 Å². The standard InChI is InChI=1S/C34H35FN8O/c1-22-5-6-26(16-32(22)41-34-37-12-11-31(40-34)25-7-9-27(35)10-8-25)33(44)39-29-14-24(19-42-13-3-4-28(36)20-42)15-30(17-29)43-18-23(2)38-21-43/h5-12,14-18,21,28H,3-4,13,19-20,36H2,1-2H3,(H,39,44)(H,37,40,41)/t28-/m0/s1. The molecule has 0 saturated carbocycles. The van der Waals surface area contributed by atoms with E-state index in [0.717, 1.165) is 60.5 Å². The highest BCUT2D eigenvalue weighted by Gasteiger charge is 2.18. The lowest BCUT2D eigenvalue weighted by Crippen LogP contribution is -2.42.